The molecule has 3 aliphatic heterocycles. The van der Waals surface area contributed by atoms with E-state index in [1.807, 2.05) is 42.5 Å². The zero-order chi connectivity index (χ0) is 36.7. The predicted octanol–water partition coefficient (Wildman–Crippen LogP) is 6.83. The van der Waals surface area contributed by atoms with Crippen LogP contribution in [0.3, 0.4) is 0 Å². The number of hydrogen-bond acceptors (Lipinski definition) is 6. The number of hydrogen-bond donors (Lipinski definition) is 2. The summed E-state index contributed by atoms with van der Waals surface area (Å²) >= 11 is 0. The summed E-state index contributed by atoms with van der Waals surface area (Å²) < 4.78 is 77.4. The van der Waals surface area contributed by atoms with Crippen LogP contribution < -0.4 is 5.32 Å². The first-order valence-electron chi connectivity index (χ1n) is 17.8. The van der Waals surface area contributed by atoms with Crippen molar-refractivity contribution in [2.24, 2.45) is 5.41 Å². The van der Waals surface area contributed by atoms with Crippen molar-refractivity contribution in [3.8, 4) is 11.3 Å². The molecule has 52 heavy (non-hydrogen) atoms. The highest BCUT2D eigenvalue weighted by molar-refractivity contribution is 6.05. The molecular formula is C39H41F5N4O4. The minimum Gasteiger partial charge on any atom is -0.480 e. The second kappa shape index (κ2) is 14.3. The summed E-state index contributed by atoms with van der Waals surface area (Å²) in [6.07, 6.45) is -1.48. The third kappa shape index (κ3) is 6.85. The largest absolute Gasteiger partial charge is 0.480 e. The number of pyridine rings is 1. The summed E-state index contributed by atoms with van der Waals surface area (Å²) in [4.78, 5) is 34.5. The first kappa shape index (κ1) is 36.2. The lowest BCUT2D eigenvalue weighted by Crippen LogP contribution is -2.61. The molecule has 7 rings (SSSR count). The normalized spacial score (nSPS) is 21.7. The summed E-state index contributed by atoms with van der Waals surface area (Å²) in [5.74, 6) is -6.18. The second-order valence-electron chi connectivity index (χ2n) is 14.3. The SMILES string of the molecule is O=C(O)[C@H](Cc1cccc2c(-c3nccc4c(CN5CCCCC5)cccc34)cccc12)NC(=O)C1(C(F)(F)F)CCN([C@H]2COCC2(F)F)CC1. The number of ether oxygens (including phenoxy) is 1. The first-order valence-corrected chi connectivity index (χ1v) is 17.8. The van der Waals surface area contributed by atoms with Gasteiger partial charge in [0.2, 0.25) is 5.91 Å². The number of piperidine rings is 2. The molecule has 13 heteroatoms. The molecule has 276 valence electrons. The van der Waals surface area contributed by atoms with Crippen molar-refractivity contribution in [1.82, 2.24) is 20.1 Å². The van der Waals surface area contributed by atoms with Gasteiger partial charge in [-0.15, -0.1) is 0 Å². The van der Waals surface area contributed by atoms with Gasteiger partial charge in [-0.05, 0) is 72.1 Å². The van der Waals surface area contributed by atoms with E-state index in [0.717, 1.165) is 47.1 Å². The van der Waals surface area contributed by atoms with Crippen LogP contribution in [0.2, 0.25) is 0 Å². The third-order valence-corrected chi connectivity index (χ3v) is 11.2. The Morgan fingerprint density at radius 3 is 2.21 bits per heavy atom. The highest BCUT2D eigenvalue weighted by Crippen LogP contribution is 2.48. The Bertz CT molecular complexity index is 1960. The van der Waals surface area contributed by atoms with E-state index in [1.165, 1.54) is 29.7 Å². The van der Waals surface area contributed by atoms with Crippen LogP contribution in [-0.4, -0.2) is 95.3 Å². The van der Waals surface area contributed by atoms with Crippen molar-refractivity contribution in [1.29, 1.82) is 0 Å². The lowest BCUT2D eigenvalue weighted by atomic mass is 9.76. The van der Waals surface area contributed by atoms with Gasteiger partial charge in [-0.1, -0.05) is 61.0 Å². The zero-order valence-electron chi connectivity index (χ0n) is 28.6. The van der Waals surface area contributed by atoms with Crippen LogP contribution in [0.5, 0.6) is 0 Å². The summed E-state index contributed by atoms with van der Waals surface area (Å²) in [5, 5.41) is 15.9. The molecule has 1 amide bonds. The smallest absolute Gasteiger partial charge is 0.403 e. The van der Waals surface area contributed by atoms with Crippen molar-refractivity contribution in [2.75, 3.05) is 39.4 Å². The van der Waals surface area contributed by atoms with Gasteiger partial charge < -0.3 is 15.2 Å². The van der Waals surface area contributed by atoms with E-state index in [0.29, 0.717) is 10.9 Å². The Morgan fingerprint density at radius 2 is 1.54 bits per heavy atom. The molecule has 1 aromatic heterocycles. The number of aromatic nitrogens is 1. The number of fused-ring (bicyclic) bond motifs is 2. The van der Waals surface area contributed by atoms with Gasteiger partial charge in [-0.3, -0.25) is 19.6 Å². The molecule has 3 aromatic carbocycles. The van der Waals surface area contributed by atoms with Crippen molar-refractivity contribution < 1.29 is 41.4 Å². The maximum atomic E-state index is 14.6. The molecule has 8 nitrogen and oxygen atoms in total. The fourth-order valence-corrected chi connectivity index (χ4v) is 8.21. The molecule has 0 bridgehead atoms. The van der Waals surface area contributed by atoms with Crippen LogP contribution in [0, 0.1) is 5.41 Å². The van der Waals surface area contributed by atoms with Gasteiger partial charge >= 0.3 is 12.1 Å². The summed E-state index contributed by atoms with van der Waals surface area (Å²) in [7, 11) is 0. The van der Waals surface area contributed by atoms with Crippen LogP contribution in [0.1, 0.15) is 43.2 Å². The lowest BCUT2D eigenvalue weighted by Gasteiger charge is -2.44. The maximum Gasteiger partial charge on any atom is 0.403 e. The third-order valence-electron chi connectivity index (χ3n) is 11.2. The molecule has 0 saturated carbocycles. The number of alkyl halides is 5. The molecule has 4 aromatic rings. The highest BCUT2D eigenvalue weighted by atomic mass is 19.4. The molecule has 4 heterocycles. The standard InChI is InChI=1S/C39H41F5N4O4/c40-38(41)24-52-23-33(38)48-19-14-37(15-20-48,39(42,43)44)36(51)46-32(35(49)50)21-25-7-4-10-29-27(25)9-6-12-31(29)34-30-11-5-8-26(28(30)13-16-45-34)22-47-17-2-1-3-18-47/h4-13,16,32-33H,1-3,14-15,17-24H2,(H,46,51)(H,49,50)/t32-,33-/m0/s1. The van der Waals surface area contributed by atoms with Crippen molar-refractivity contribution in [3.05, 3.63) is 78.0 Å². The van der Waals surface area contributed by atoms with Gasteiger partial charge in [0.1, 0.15) is 18.1 Å². The van der Waals surface area contributed by atoms with E-state index in [-0.39, 0.29) is 13.0 Å². The van der Waals surface area contributed by atoms with Crippen LogP contribution in [-0.2, 0) is 27.3 Å². The minimum absolute atomic E-state index is 0.281. The number of likely N-dealkylation sites (tertiary alicyclic amines) is 2. The molecule has 0 spiro atoms. The fraction of sp³-hybridized carbons (Fsp3) is 0.462. The summed E-state index contributed by atoms with van der Waals surface area (Å²) in [6.45, 7) is 1.000. The van der Waals surface area contributed by atoms with Gasteiger partial charge in [0.25, 0.3) is 5.92 Å². The van der Waals surface area contributed by atoms with Gasteiger partial charge in [-0.25, -0.2) is 13.6 Å². The number of amides is 1. The van der Waals surface area contributed by atoms with Gasteiger partial charge in [0.15, 0.2) is 0 Å². The van der Waals surface area contributed by atoms with Crippen LogP contribution in [0.4, 0.5) is 22.0 Å². The van der Waals surface area contributed by atoms with E-state index < -0.39 is 74.0 Å². The highest BCUT2D eigenvalue weighted by Gasteiger charge is 2.62. The van der Waals surface area contributed by atoms with Crippen molar-refractivity contribution in [2.45, 2.75) is 69.3 Å². The van der Waals surface area contributed by atoms with Crippen LogP contribution in [0.25, 0.3) is 32.8 Å². The number of rotatable bonds is 9. The summed E-state index contributed by atoms with van der Waals surface area (Å²) in [6, 6.07) is 16.1. The van der Waals surface area contributed by atoms with Gasteiger partial charge in [-0.2, -0.15) is 13.2 Å². The van der Waals surface area contributed by atoms with Crippen LogP contribution in [0.15, 0.2) is 66.9 Å². The molecule has 0 aliphatic carbocycles. The fourth-order valence-electron chi connectivity index (χ4n) is 8.21. The molecule has 0 radical (unpaired) electrons. The van der Waals surface area contributed by atoms with E-state index >= 15 is 0 Å². The van der Waals surface area contributed by atoms with Crippen LogP contribution >= 0.6 is 0 Å². The Morgan fingerprint density at radius 1 is 0.885 bits per heavy atom. The van der Waals surface area contributed by atoms with E-state index in [2.05, 4.69) is 16.3 Å². The Labute approximate surface area is 297 Å². The number of carbonyl (C=O) groups is 2. The lowest BCUT2D eigenvalue weighted by molar-refractivity contribution is -0.235. The zero-order valence-corrected chi connectivity index (χ0v) is 28.6. The van der Waals surface area contributed by atoms with E-state index in [1.54, 1.807) is 18.3 Å². The van der Waals surface area contributed by atoms with E-state index in [9.17, 15) is 36.6 Å². The second-order valence-corrected chi connectivity index (χ2v) is 14.3. The molecular weight excluding hydrogens is 683 g/mol. The number of carbonyl (C=O) groups excluding carboxylic acids is 1. The number of benzene rings is 3. The Balaban J connectivity index is 1.15. The quantitative estimate of drug-likeness (QED) is 0.183. The topological polar surface area (TPSA) is 95.0 Å². The van der Waals surface area contributed by atoms with Gasteiger partial charge in [0.05, 0.1) is 18.3 Å². The maximum absolute atomic E-state index is 14.6. The van der Waals surface area contributed by atoms with Crippen molar-refractivity contribution >= 4 is 33.4 Å². The molecule has 2 N–H and O–H groups in total. The average Bonchev–Trinajstić information content (AvgIpc) is 3.49. The molecule has 3 fully saturated rings. The number of nitrogens with one attached hydrogen (secondary N) is 1. The van der Waals surface area contributed by atoms with Gasteiger partial charge in [0, 0.05) is 43.2 Å². The number of nitrogens with zero attached hydrogens (tertiary/aromatic N) is 3. The average molecular weight is 725 g/mol. The predicted molar refractivity (Wildman–Crippen MR) is 186 cm³/mol. The minimum atomic E-state index is -5.03. The molecule has 3 saturated heterocycles. The van der Waals surface area contributed by atoms with E-state index in [4.69, 9.17) is 9.72 Å². The molecule has 2 atom stereocenters. The summed E-state index contributed by atoms with van der Waals surface area (Å²) in [5.41, 5.74) is 0.376. The monoisotopic (exact) mass is 724 g/mol. The first-order chi connectivity index (χ1) is 24.9. The van der Waals surface area contributed by atoms with Crippen molar-refractivity contribution in [3.63, 3.8) is 0 Å². The number of halogens is 5. The Hall–Kier alpha value is -4.20. The molecule has 0 unspecified atom stereocenters. The number of carboxylic acids is 1. The number of aliphatic carboxylic acids is 1. The molecule has 3 aliphatic rings. The Kier molecular flexibility index (Phi) is 9.96. The number of carboxylic acid groups (broad SMARTS) is 1.